The number of β-amino-alcohol motifs (C(OH)–C–C–N with tert-alkyl or cyclic N) is 1. The molecule has 0 aliphatic carbocycles. The number of methoxy groups -OCH3 is 1. The molecule has 2 aliphatic rings. The molecular formula is C22H33N3O5. The summed E-state index contributed by atoms with van der Waals surface area (Å²) in [5.41, 5.74) is 1.09. The van der Waals surface area contributed by atoms with Crippen molar-refractivity contribution in [2.75, 3.05) is 46.5 Å². The van der Waals surface area contributed by atoms with Crippen molar-refractivity contribution < 1.29 is 24.2 Å². The number of nitrogens with one attached hydrogen (secondary N) is 1. The van der Waals surface area contributed by atoms with E-state index in [4.69, 9.17) is 9.47 Å². The number of rotatable bonds is 8. The van der Waals surface area contributed by atoms with Crippen LogP contribution in [0.15, 0.2) is 24.3 Å². The standard InChI is InChI=1S/C22H33N3O5/c1-16-4-3-5-19(12-16)30-15-21(27)24-9-6-17(7-10-24)25-14-18(26)13-20(25)22(28)23-8-11-29-2/h3-5,12,17-18,20,26H,6-11,13-15H2,1-2H3,(H,23,28)/t18-,20+/m1/s1. The molecule has 2 fully saturated rings. The summed E-state index contributed by atoms with van der Waals surface area (Å²) in [5.74, 6) is 0.616. The zero-order valence-corrected chi connectivity index (χ0v) is 17.9. The third-order valence-corrected chi connectivity index (χ3v) is 5.86. The van der Waals surface area contributed by atoms with Gasteiger partial charge in [0.05, 0.1) is 18.8 Å². The predicted molar refractivity (Wildman–Crippen MR) is 112 cm³/mol. The molecule has 0 saturated carbocycles. The van der Waals surface area contributed by atoms with Crippen LogP contribution in [0.1, 0.15) is 24.8 Å². The number of hydrogen-bond acceptors (Lipinski definition) is 6. The number of carbonyl (C=O) groups excluding carboxylic acids is 2. The molecule has 166 valence electrons. The number of hydrogen-bond donors (Lipinski definition) is 2. The van der Waals surface area contributed by atoms with Crippen molar-refractivity contribution >= 4 is 11.8 Å². The van der Waals surface area contributed by atoms with Gasteiger partial charge in [0.25, 0.3) is 5.91 Å². The molecule has 8 nitrogen and oxygen atoms in total. The molecule has 2 heterocycles. The van der Waals surface area contributed by atoms with Crippen molar-refractivity contribution in [2.24, 2.45) is 0 Å². The van der Waals surface area contributed by atoms with Crippen molar-refractivity contribution in [1.82, 2.24) is 15.1 Å². The van der Waals surface area contributed by atoms with Crippen LogP contribution in [0.4, 0.5) is 0 Å². The predicted octanol–water partition coefficient (Wildman–Crippen LogP) is 0.563. The Kier molecular flexibility index (Phi) is 8.07. The number of aliphatic hydroxyl groups is 1. The van der Waals surface area contributed by atoms with E-state index in [9.17, 15) is 14.7 Å². The summed E-state index contributed by atoms with van der Waals surface area (Å²) >= 11 is 0. The zero-order chi connectivity index (χ0) is 21.5. The second-order valence-corrected chi connectivity index (χ2v) is 8.10. The van der Waals surface area contributed by atoms with Crippen LogP contribution >= 0.6 is 0 Å². The van der Waals surface area contributed by atoms with Gasteiger partial charge in [-0.3, -0.25) is 14.5 Å². The second kappa shape index (κ2) is 10.7. The Labute approximate surface area is 178 Å². The molecule has 1 aromatic carbocycles. The Morgan fingerprint density at radius 2 is 2.03 bits per heavy atom. The van der Waals surface area contributed by atoms with E-state index < -0.39 is 6.10 Å². The number of ether oxygens (including phenoxy) is 2. The molecule has 0 bridgehead atoms. The van der Waals surface area contributed by atoms with Crippen LogP contribution in [0.25, 0.3) is 0 Å². The Morgan fingerprint density at radius 1 is 1.27 bits per heavy atom. The van der Waals surface area contributed by atoms with E-state index in [2.05, 4.69) is 10.2 Å². The lowest BCUT2D eigenvalue weighted by Crippen LogP contribution is -2.52. The van der Waals surface area contributed by atoms with Gasteiger partial charge in [0.1, 0.15) is 5.75 Å². The van der Waals surface area contributed by atoms with Crippen molar-refractivity contribution in [3.05, 3.63) is 29.8 Å². The van der Waals surface area contributed by atoms with Crippen LogP contribution in [-0.4, -0.2) is 91.4 Å². The van der Waals surface area contributed by atoms with Gasteiger partial charge in [-0.15, -0.1) is 0 Å². The van der Waals surface area contributed by atoms with E-state index >= 15 is 0 Å². The lowest BCUT2D eigenvalue weighted by molar-refractivity contribution is -0.136. The Balaban J connectivity index is 1.47. The van der Waals surface area contributed by atoms with Gasteiger partial charge in [-0.25, -0.2) is 0 Å². The highest BCUT2D eigenvalue weighted by atomic mass is 16.5. The first-order chi connectivity index (χ1) is 14.5. The van der Waals surface area contributed by atoms with Gasteiger partial charge in [0.15, 0.2) is 6.61 Å². The molecule has 2 saturated heterocycles. The van der Waals surface area contributed by atoms with Crippen LogP contribution in [0.2, 0.25) is 0 Å². The van der Waals surface area contributed by atoms with Crippen molar-refractivity contribution in [3.8, 4) is 5.75 Å². The lowest BCUT2D eigenvalue weighted by Gasteiger charge is -2.38. The summed E-state index contributed by atoms with van der Waals surface area (Å²) in [5, 5.41) is 13.0. The highest BCUT2D eigenvalue weighted by molar-refractivity contribution is 5.82. The first kappa shape index (κ1) is 22.5. The molecule has 3 rings (SSSR count). The fourth-order valence-corrected chi connectivity index (χ4v) is 4.28. The molecular weight excluding hydrogens is 386 g/mol. The van der Waals surface area contributed by atoms with Crippen LogP contribution in [0.5, 0.6) is 5.75 Å². The van der Waals surface area contributed by atoms with Crippen LogP contribution < -0.4 is 10.1 Å². The minimum absolute atomic E-state index is 0.0229. The van der Waals surface area contributed by atoms with Crippen LogP contribution in [0.3, 0.4) is 0 Å². The molecule has 0 unspecified atom stereocenters. The molecule has 0 radical (unpaired) electrons. The van der Waals surface area contributed by atoms with Crippen LogP contribution in [0, 0.1) is 6.92 Å². The van der Waals surface area contributed by atoms with Crippen LogP contribution in [-0.2, 0) is 14.3 Å². The number of piperidine rings is 1. The van der Waals surface area contributed by atoms with Gasteiger partial charge in [-0.1, -0.05) is 12.1 Å². The fraction of sp³-hybridized carbons (Fsp3) is 0.636. The maximum absolute atomic E-state index is 12.5. The Morgan fingerprint density at radius 3 is 2.73 bits per heavy atom. The smallest absolute Gasteiger partial charge is 0.260 e. The van der Waals surface area contributed by atoms with Crippen molar-refractivity contribution in [3.63, 3.8) is 0 Å². The van der Waals surface area contributed by atoms with E-state index in [1.165, 1.54) is 0 Å². The minimum atomic E-state index is -0.495. The quantitative estimate of drug-likeness (QED) is 0.599. The molecule has 2 atom stereocenters. The maximum Gasteiger partial charge on any atom is 0.260 e. The number of carbonyl (C=O) groups is 2. The zero-order valence-electron chi connectivity index (χ0n) is 17.9. The van der Waals surface area contributed by atoms with Gasteiger partial charge >= 0.3 is 0 Å². The summed E-state index contributed by atoms with van der Waals surface area (Å²) in [7, 11) is 1.60. The monoisotopic (exact) mass is 419 g/mol. The Hall–Kier alpha value is -2.16. The SMILES string of the molecule is COCCNC(=O)[C@@H]1C[C@@H](O)CN1C1CCN(C(=O)COc2cccc(C)c2)CC1. The third-order valence-electron chi connectivity index (χ3n) is 5.86. The highest BCUT2D eigenvalue weighted by Gasteiger charge is 2.40. The minimum Gasteiger partial charge on any atom is -0.484 e. The van der Waals surface area contributed by atoms with Gasteiger partial charge in [0.2, 0.25) is 5.91 Å². The van der Waals surface area contributed by atoms with E-state index in [0.717, 1.165) is 18.4 Å². The topological polar surface area (TPSA) is 91.3 Å². The first-order valence-corrected chi connectivity index (χ1v) is 10.7. The summed E-state index contributed by atoms with van der Waals surface area (Å²) in [6, 6.07) is 7.52. The first-order valence-electron chi connectivity index (χ1n) is 10.7. The number of nitrogens with zero attached hydrogens (tertiary/aromatic N) is 2. The fourth-order valence-electron chi connectivity index (χ4n) is 4.28. The van der Waals surface area contributed by atoms with Crippen molar-refractivity contribution in [1.29, 1.82) is 0 Å². The second-order valence-electron chi connectivity index (χ2n) is 8.10. The molecule has 2 N–H and O–H groups in total. The Bertz CT molecular complexity index is 720. The van der Waals surface area contributed by atoms with Gasteiger partial charge in [-0.2, -0.15) is 0 Å². The average Bonchev–Trinajstić information content (AvgIpc) is 3.14. The molecule has 0 aromatic heterocycles. The third kappa shape index (κ3) is 5.93. The van der Waals surface area contributed by atoms with Gasteiger partial charge < -0.3 is 24.8 Å². The molecule has 8 heteroatoms. The molecule has 0 spiro atoms. The van der Waals surface area contributed by atoms with E-state index in [-0.39, 0.29) is 30.5 Å². The molecule has 2 amide bonds. The highest BCUT2D eigenvalue weighted by Crippen LogP contribution is 2.26. The lowest BCUT2D eigenvalue weighted by atomic mass is 10.0. The van der Waals surface area contributed by atoms with Crippen molar-refractivity contribution in [2.45, 2.75) is 44.4 Å². The number of amides is 2. The van der Waals surface area contributed by atoms with Gasteiger partial charge in [-0.05, 0) is 43.9 Å². The summed E-state index contributed by atoms with van der Waals surface area (Å²) in [4.78, 5) is 29.0. The summed E-state index contributed by atoms with van der Waals surface area (Å²) in [6.45, 7) is 4.70. The maximum atomic E-state index is 12.5. The molecule has 2 aliphatic heterocycles. The van der Waals surface area contributed by atoms with E-state index in [1.807, 2.05) is 36.1 Å². The normalized spacial score (nSPS) is 22.8. The summed E-state index contributed by atoms with van der Waals surface area (Å²) in [6.07, 6.45) is 1.52. The van der Waals surface area contributed by atoms with E-state index in [0.29, 0.717) is 45.0 Å². The number of aliphatic hydroxyl groups excluding tert-OH is 1. The van der Waals surface area contributed by atoms with Gasteiger partial charge in [0, 0.05) is 39.3 Å². The number of benzene rings is 1. The molecule has 1 aromatic rings. The number of likely N-dealkylation sites (tertiary alicyclic amines) is 2. The summed E-state index contributed by atoms with van der Waals surface area (Å²) < 4.78 is 10.6. The number of aryl methyl sites for hydroxylation is 1. The van der Waals surface area contributed by atoms with E-state index in [1.54, 1.807) is 7.11 Å². The average molecular weight is 420 g/mol. The molecule has 30 heavy (non-hydrogen) atoms. The largest absolute Gasteiger partial charge is 0.484 e.